The van der Waals surface area contributed by atoms with Crippen LogP contribution in [0.1, 0.15) is 23.0 Å². The van der Waals surface area contributed by atoms with E-state index < -0.39 is 35.9 Å². The fraction of sp³-hybridized carbons (Fsp3) is 0.556. The van der Waals surface area contributed by atoms with Crippen molar-refractivity contribution in [2.24, 2.45) is 5.92 Å². The minimum Gasteiger partial charge on any atom is -0.493 e. The van der Waals surface area contributed by atoms with E-state index in [9.17, 15) is 6.48 Å². The topological polar surface area (TPSA) is 41.9 Å². The molecule has 0 aromatic heterocycles. The Balaban J connectivity index is 1.94. The van der Waals surface area contributed by atoms with Gasteiger partial charge < -0.3 is 19.5 Å². The summed E-state index contributed by atoms with van der Waals surface area (Å²) in [6.45, 7) is 0.485. The molecule has 2 aliphatic carbocycles. The fourth-order valence-corrected chi connectivity index (χ4v) is 4.63. The van der Waals surface area contributed by atoms with Crippen LogP contribution in [0.4, 0.5) is 0 Å². The van der Waals surface area contributed by atoms with Crippen molar-refractivity contribution in [1.82, 2.24) is 4.90 Å². The zero-order valence-electron chi connectivity index (χ0n) is 16.6. The van der Waals surface area contributed by atoms with Gasteiger partial charge in [-0.25, -0.2) is 0 Å². The molecule has 1 N–H and O–H groups in total. The summed E-state index contributed by atoms with van der Waals surface area (Å²) in [7, 11) is 3.29. The lowest BCUT2D eigenvalue weighted by molar-refractivity contribution is -0.0453. The van der Waals surface area contributed by atoms with Gasteiger partial charge >= 0.3 is 0 Å². The monoisotopic (exact) mass is 303 g/mol. The standard InChI is InChI=1S/C18H21NO3/c1-19-8-7-18-11-4-5-13(20)17(18)22-16-14(21-2)6-3-10(15(16)18)9-12(11)19/h3-6,11-13,17,20H,7-9H2,1-2H3/t11-,12+,13?,17?,18-/m0/s1/i9D2,12D,13D. The van der Waals surface area contributed by atoms with Gasteiger partial charge in [-0.3, -0.25) is 0 Å². The van der Waals surface area contributed by atoms with E-state index in [1.54, 1.807) is 30.2 Å². The van der Waals surface area contributed by atoms with Crippen molar-refractivity contribution in [3.8, 4) is 11.5 Å². The first-order valence-corrected chi connectivity index (χ1v) is 7.64. The Morgan fingerprint density at radius 3 is 3.18 bits per heavy atom. The van der Waals surface area contributed by atoms with Crippen LogP contribution < -0.4 is 9.47 Å². The largest absolute Gasteiger partial charge is 0.493 e. The van der Waals surface area contributed by atoms with Crippen LogP contribution in [0, 0.1) is 5.92 Å². The van der Waals surface area contributed by atoms with Crippen LogP contribution in [-0.2, 0) is 11.8 Å². The second kappa shape index (κ2) is 4.06. The first-order chi connectivity index (χ1) is 12.1. The van der Waals surface area contributed by atoms with Crippen molar-refractivity contribution < 1.29 is 20.1 Å². The van der Waals surface area contributed by atoms with E-state index in [1.165, 1.54) is 13.2 Å². The third kappa shape index (κ3) is 1.28. The number of likely N-dealkylation sites (tertiary alicyclic amines) is 1. The number of nitrogens with zero attached hydrogens (tertiary/aromatic N) is 1. The van der Waals surface area contributed by atoms with Crippen LogP contribution >= 0.6 is 0 Å². The number of ether oxygens (including phenoxy) is 2. The molecule has 1 spiro atoms. The van der Waals surface area contributed by atoms with E-state index in [4.69, 9.17) is 13.6 Å². The molecule has 5 rings (SSSR count). The summed E-state index contributed by atoms with van der Waals surface area (Å²) in [5.74, 6) is 0.333. The molecule has 2 bridgehead atoms. The van der Waals surface area contributed by atoms with Crippen molar-refractivity contribution in [2.45, 2.75) is 36.4 Å². The molecule has 4 aliphatic rings. The molecule has 4 heteroatoms. The van der Waals surface area contributed by atoms with Gasteiger partial charge in [-0.15, -0.1) is 0 Å². The second-order valence-electron chi connectivity index (χ2n) is 6.50. The zero-order chi connectivity index (χ0) is 18.7. The van der Waals surface area contributed by atoms with E-state index in [0.29, 0.717) is 35.6 Å². The Hall–Kier alpha value is -1.52. The summed E-state index contributed by atoms with van der Waals surface area (Å²) < 4.78 is 46.9. The van der Waals surface area contributed by atoms with E-state index >= 15 is 0 Å². The van der Waals surface area contributed by atoms with Crippen LogP contribution in [0.3, 0.4) is 0 Å². The van der Waals surface area contributed by atoms with E-state index in [0.717, 1.165) is 0 Å². The van der Waals surface area contributed by atoms with Crippen LogP contribution in [0.15, 0.2) is 24.3 Å². The maximum atomic E-state index is 10.7. The smallest absolute Gasteiger partial charge is 0.165 e. The number of benzene rings is 1. The molecule has 0 amide bonds. The number of rotatable bonds is 1. The van der Waals surface area contributed by atoms with Gasteiger partial charge in [0.2, 0.25) is 0 Å². The molecule has 2 unspecified atom stereocenters. The lowest BCUT2D eigenvalue weighted by Crippen LogP contribution is -2.64. The number of aliphatic hydroxyl groups is 1. The van der Waals surface area contributed by atoms with Gasteiger partial charge in [0.15, 0.2) is 11.5 Å². The lowest BCUT2D eigenvalue weighted by atomic mass is 9.53. The third-order valence-electron chi connectivity index (χ3n) is 5.62. The molecule has 1 saturated heterocycles. The van der Waals surface area contributed by atoms with E-state index in [2.05, 4.69) is 0 Å². The van der Waals surface area contributed by atoms with Crippen molar-refractivity contribution in [1.29, 1.82) is 0 Å². The first-order valence-electron chi connectivity index (χ1n) is 9.64. The van der Waals surface area contributed by atoms with Crippen molar-refractivity contribution in [3.63, 3.8) is 0 Å². The number of methoxy groups -OCH3 is 1. The third-order valence-corrected chi connectivity index (χ3v) is 5.62. The van der Waals surface area contributed by atoms with Crippen molar-refractivity contribution in [2.75, 3.05) is 20.7 Å². The Kier molecular flexibility index (Phi) is 1.77. The minimum absolute atomic E-state index is 0.403. The van der Waals surface area contributed by atoms with Gasteiger partial charge in [0.25, 0.3) is 0 Å². The molecule has 0 saturated carbocycles. The van der Waals surface area contributed by atoms with Crippen molar-refractivity contribution >= 4 is 0 Å². The zero-order valence-corrected chi connectivity index (χ0v) is 12.6. The molecule has 2 aliphatic heterocycles. The van der Waals surface area contributed by atoms with Gasteiger partial charge in [0.1, 0.15) is 12.2 Å². The van der Waals surface area contributed by atoms with Crippen LogP contribution in [0.25, 0.3) is 0 Å². The second-order valence-corrected chi connectivity index (χ2v) is 6.50. The summed E-state index contributed by atoms with van der Waals surface area (Å²) in [5, 5.41) is 10.7. The Bertz CT molecular complexity index is 857. The fourth-order valence-electron chi connectivity index (χ4n) is 4.63. The Morgan fingerprint density at radius 2 is 2.36 bits per heavy atom. The molecule has 2 heterocycles. The number of hydrogen-bond donors (Lipinski definition) is 1. The molecule has 116 valence electrons. The average molecular weight is 303 g/mol. The SMILES string of the molecule is [2H]C1(O)C=C[C@@H]2[C@@]34CCN(C)[C@]2([2H])C([2H])([2H])c2ccc(OC)c(c23)OC14. The van der Waals surface area contributed by atoms with Gasteiger partial charge in [0.05, 0.1) is 8.48 Å². The highest BCUT2D eigenvalue weighted by Crippen LogP contribution is 2.62. The predicted octanol–water partition coefficient (Wildman–Crippen LogP) is 1.50. The summed E-state index contributed by atoms with van der Waals surface area (Å²) in [6.07, 6.45) is -1.21. The normalized spacial score (nSPS) is 52.7. The summed E-state index contributed by atoms with van der Waals surface area (Å²) >= 11 is 0. The minimum atomic E-state index is -1.95. The number of piperidine rings is 1. The molecular formula is C18H21NO3. The molecule has 1 aromatic carbocycles. The first kappa shape index (κ1) is 9.58. The van der Waals surface area contributed by atoms with Gasteiger partial charge in [-0.1, -0.05) is 18.2 Å². The maximum absolute atomic E-state index is 10.7. The quantitative estimate of drug-likeness (QED) is 0.799. The summed E-state index contributed by atoms with van der Waals surface area (Å²) in [6, 6.07) is 1.77. The highest BCUT2D eigenvalue weighted by atomic mass is 16.5. The molecule has 22 heavy (non-hydrogen) atoms. The lowest BCUT2D eigenvalue weighted by Gasteiger charge is -2.56. The van der Waals surface area contributed by atoms with E-state index in [1.807, 2.05) is 0 Å². The molecule has 4 nitrogen and oxygen atoms in total. The number of likely N-dealkylation sites (N-methyl/N-ethyl adjacent to an activating group) is 1. The van der Waals surface area contributed by atoms with Gasteiger partial charge in [-0.05, 0) is 38.0 Å². The predicted molar refractivity (Wildman–Crippen MR) is 82.5 cm³/mol. The molecule has 5 atom stereocenters. The van der Waals surface area contributed by atoms with Crippen LogP contribution in [0.5, 0.6) is 11.5 Å². The Labute approximate surface area is 135 Å². The molecule has 1 aromatic rings. The van der Waals surface area contributed by atoms with Crippen molar-refractivity contribution in [3.05, 3.63) is 35.4 Å². The highest BCUT2D eigenvalue weighted by Gasteiger charge is 2.64. The van der Waals surface area contributed by atoms with Crippen LogP contribution in [0.2, 0.25) is 0 Å². The summed E-state index contributed by atoms with van der Waals surface area (Å²) in [5.41, 5.74) is 0.257. The average Bonchev–Trinajstić information content (AvgIpc) is 2.94. The van der Waals surface area contributed by atoms with Gasteiger partial charge in [0, 0.05) is 27.0 Å². The van der Waals surface area contributed by atoms with E-state index in [-0.39, 0.29) is 0 Å². The highest BCUT2D eigenvalue weighted by molar-refractivity contribution is 5.62. The molecular weight excluding hydrogens is 278 g/mol. The number of hydrogen-bond acceptors (Lipinski definition) is 4. The van der Waals surface area contributed by atoms with Crippen LogP contribution in [-0.4, -0.2) is 48.9 Å². The maximum Gasteiger partial charge on any atom is 0.165 e. The Morgan fingerprint density at radius 1 is 1.50 bits per heavy atom. The summed E-state index contributed by atoms with van der Waals surface area (Å²) in [4.78, 5) is 1.75. The molecule has 0 radical (unpaired) electrons. The molecule has 1 fully saturated rings. The van der Waals surface area contributed by atoms with Gasteiger partial charge in [-0.2, -0.15) is 0 Å².